The van der Waals surface area contributed by atoms with Crippen molar-refractivity contribution in [3.8, 4) is 50.5 Å². The van der Waals surface area contributed by atoms with Crippen molar-refractivity contribution in [2.45, 2.75) is 0 Å². The summed E-state index contributed by atoms with van der Waals surface area (Å²) in [6.07, 6.45) is 0. The summed E-state index contributed by atoms with van der Waals surface area (Å²) in [5.41, 5.74) is 10.8. The number of hydrogen-bond acceptors (Lipinski definition) is 0. The number of benzene rings is 8. The predicted octanol–water partition coefficient (Wildman–Crippen LogP) is 12.6. The van der Waals surface area contributed by atoms with E-state index in [9.17, 15) is 0 Å². The van der Waals surface area contributed by atoms with Gasteiger partial charge in [-0.3, -0.25) is 0 Å². The Hall–Kier alpha value is -6.18. The molecule has 0 aliphatic rings. The molecule has 0 aliphatic heterocycles. The molecule has 1 aromatic heterocycles. The van der Waals surface area contributed by atoms with Crippen molar-refractivity contribution < 1.29 is 0 Å². The number of nitrogens with zero attached hydrogens (tertiary/aromatic N) is 1. The third-order valence-corrected chi connectivity index (χ3v) is 9.39. The third kappa shape index (κ3) is 4.64. The van der Waals surface area contributed by atoms with Gasteiger partial charge in [-0.15, -0.1) is 0 Å². The maximum atomic E-state index is 2.42. The lowest BCUT2D eigenvalue weighted by molar-refractivity contribution is 1.10. The van der Waals surface area contributed by atoms with E-state index in [1.54, 1.807) is 0 Å². The van der Waals surface area contributed by atoms with Crippen LogP contribution in [-0.4, -0.2) is 4.57 Å². The SMILES string of the molecule is c1ccc(-c2c3ccccc3c(-c3ccc4ccccc4c3)c3ccc(-n4c(-c5ccccc5)ccc4-c4ccccc4)cc23)cc1. The Labute approximate surface area is 274 Å². The number of aromatic nitrogens is 1. The highest BCUT2D eigenvalue weighted by Crippen LogP contribution is 2.45. The van der Waals surface area contributed by atoms with Crippen LogP contribution in [0, 0.1) is 0 Å². The minimum atomic E-state index is 1.14. The first-order valence-corrected chi connectivity index (χ1v) is 16.2. The summed E-state index contributed by atoms with van der Waals surface area (Å²) >= 11 is 0. The fraction of sp³-hybridized carbons (Fsp3) is 0. The van der Waals surface area contributed by atoms with Crippen molar-refractivity contribution in [3.63, 3.8) is 0 Å². The maximum Gasteiger partial charge on any atom is 0.0535 e. The lowest BCUT2D eigenvalue weighted by atomic mass is 9.85. The van der Waals surface area contributed by atoms with Crippen LogP contribution in [0.2, 0.25) is 0 Å². The Morgan fingerprint density at radius 3 is 1.38 bits per heavy atom. The van der Waals surface area contributed by atoms with Gasteiger partial charge in [0, 0.05) is 5.69 Å². The Bertz CT molecular complexity index is 2480. The number of rotatable bonds is 5. The maximum absolute atomic E-state index is 2.42. The summed E-state index contributed by atoms with van der Waals surface area (Å²) in [7, 11) is 0. The van der Waals surface area contributed by atoms with E-state index in [1.807, 2.05) is 0 Å². The highest BCUT2D eigenvalue weighted by Gasteiger charge is 2.20. The molecule has 0 N–H and O–H groups in total. The molecular formula is C46H31N. The van der Waals surface area contributed by atoms with Crippen molar-refractivity contribution in [1.82, 2.24) is 4.57 Å². The van der Waals surface area contributed by atoms with Crippen LogP contribution in [0.3, 0.4) is 0 Å². The van der Waals surface area contributed by atoms with E-state index >= 15 is 0 Å². The summed E-state index contributed by atoms with van der Waals surface area (Å²) < 4.78 is 2.42. The zero-order valence-electron chi connectivity index (χ0n) is 25.8. The number of fused-ring (bicyclic) bond motifs is 3. The molecule has 1 heterocycles. The third-order valence-electron chi connectivity index (χ3n) is 9.39. The van der Waals surface area contributed by atoms with E-state index in [0.29, 0.717) is 0 Å². The molecule has 1 heteroatoms. The van der Waals surface area contributed by atoms with Crippen LogP contribution >= 0.6 is 0 Å². The minimum Gasteiger partial charge on any atom is -0.309 e. The lowest BCUT2D eigenvalue weighted by Crippen LogP contribution is -2.00. The topological polar surface area (TPSA) is 4.93 Å². The molecule has 9 rings (SSSR count). The quantitative estimate of drug-likeness (QED) is 0.174. The number of hydrogen-bond donors (Lipinski definition) is 0. The van der Waals surface area contributed by atoms with Gasteiger partial charge < -0.3 is 4.57 Å². The first-order chi connectivity index (χ1) is 23.3. The summed E-state index contributed by atoms with van der Waals surface area (Å²) in [6.45, 7) is 0. The van der Waals surface area contributed by atoms with E-state index in [2.05, 4.69) is 193 Å². The van der Waals surface area contributed by atoms with E-state index in [0.717, 1.165) is 5.69 Å². The lowest BCUT2D eigenvalue weighted by Gasteiger charge is -2.20. The van der Waals surface area contributed by atoms with Gasteiger partial charge in [-0.2, -0.15) is 0 Å². The van der Waals surface area contributed by atoms with Gasteiger partial charge in [0.1, 0.15) is 0 Å². The molecular weight excluding hydrogens is 567 g/mol. The molecule has 0 saturated carbocycles. The smallest absolute Gasteiger partial charge is 0.0535 e. The van der Waals surface area contributed by atoms with E-state index in [4.69, 9.17) is 0 Å². The summed E-state index contributed by atoms with van der Waals surface area (Å²) in [6, 6.07) is 68.3. The van der Waals surface area contributed by atoms with Gasteiger partial charge in [0.05, 0.1) is 11.4 Å². The Morgan fingerprint density at radius 1 is 0.277 bits per heavy atom. The highest BCUT2D eigenvalue weighted by molar-refractivity contribution is 6.22. The molecule has 47 heavy (non-hydrogen) atoms. The van der Waals surface area contributed by atoms with Crippen molar-refractivity contribution in [2.24, 2.45) is 0 Å². The molecule has 9 aromatic rings. The molecule has 1 nitrogen and oxygen atoms in total. The molecule has 0 bridgehead atoms. The average molecular weight is 598 g/mol. The van der Waals surface area contributed by atoms with Crippen LogP contribution in [0.4, 0.5) is 0 Å². The van der Waals surface area contributed by atoms with Crippen LogP contribution in [0.1, 0.15) is 0 Å². The molecule has 0 saturated heterocycles. The zero-order chi connectivity index (χ0) is 31.2. The van der Waals surface area contributed by atoms with E-state index in [-0.39, 0.29) is 0 Å². The van der Waals surface area contributed by atoms with E-state index in [1.165, 1.54) is 77.1 Å². The second-order valence-electron chi connectivity index (χ2n) is 12.1. The normalized spacial score (nSPS) is 11.4. The van der Waals surface area contributed by atoms with Crippen molar-refractivity contribution in [3.05, 3.63) is 188 Å². The standard InChI is InChI=1S/C46H31N/c1-4-15-33(16-5-1)43-28-29-44(34-17-6-2-7-18-34)47(43)38-26-27-41-42(31-38)45(35-19-8-3-9-20-35)39-22-12-13-23-40(39)46(41)37-25-24-32-14-10-11-21-36(32)30-37/h1-31H. The van der Waals surface area contributed by atoms with Gasteiger partial charge in [0.2, 0.25) is 0 Å². The summed E-state index contributed by atoms with van der Waals surface area (Å²) in [4.78, 5) is 0. The fourth-order valence-electron chi connectivity index (χ4n) is 7.26. The van der Waals surface area contributed by atoms with Crippen LogP contribution < -0.4 is 0 Å². The molecule has 0 amide bonds. The van der Waals surface area contributed by atoms with Gasteiger partial charge >= 0.3 is 0 Å². The summed E-state index contributed by atoms with van der Waals surface area (Å²) in [5, 5.41) is 7.50. The second kappa shape index (κ2) is 11.3. The summed E-state index contributed by atoms with van der Waals surface area (Å²) in [5.74, 6) is 0. The zero-order valence-corrected chi connectivity index (χ0v) is 25.8. The van der Waals surface area contributed by atoms with E-state index < -0.39 is 0 Å². The second-order valence-corrected chi connectivity index (χ2v) is 12.1. The molecule has 0 aliphatic carbocycles. The van der Waals surface area contributed by atoms with Gasteiger partial charge in [-0.25, -0.2) is 0 Å². The predicted molar refractivity (Wildman–Crippen MR) is 200 cm³/mol. The molecule has 0 unspecified atom stereocenters. The van der Waals surface area contributed by atoms with Crippen LogP contribution in [-0.2, 0) is 0 Å². The van der Waals surface area contributed by atoms with Gasteiger partial charge in [0.15, 0.2) is 0 Å². The van der Waals surface area contributed by atoms with Gasteiger partial charge in [-0.05, 0) is 96.0 Å². The first kappa shape index (κ1) is 27.2. The molecule has 0 fully saturated rings. The fourth-order valence-corrected chi connectivity index (χ4v) is 7.26. The minimum absolute atomic E-state index is 1.14. The molecule has 0 spiro atoms. The van der Waals surface area contributed by atoms with Crippen LogP contribution in [0.5, 0.6) is 0 Å². The van der Waals surface area contributed by atoms with Crippen molar-refractivity contribution in [2.75, 3.05) is 0 Å². The Kier molecular flexibility index (Phi) is 6.54. The first-order valence-electron chi connectivity index (χ1n) is 16.2. The Balaban J connectivity index is 1.40. The molecule has 0 radical (unpaired) electrons. The molecule has 8 aromatic carbocycles. The largest absolute Gasteiger partial charge is 0.309 e. The molecule has 220 valence electrons. The Morgan fingerprint density at radius 2 is 0.766 bits per heavy atom. The van der Waals surface area contributed by atoms with Gasteiger partial charge in [-0.1, -0.05) is 158 Å². The van der Waals surface area contributed by atoms with Crippen LogP contribution in [0.25, 0.3) is 82.8 Å². The highest BCUT2D eigenvalue weighted by atomic mass is 15.0. The monoisotopic (exact) mass is 597 g/mol. The van der Waals surface area contributed by atoms with Gasteiger partial charge in [0.25, 0.3) is 0 Å². The van der Waals surface area contributed by atoms with Crippen LogP contribution in [0.15, 0.2) is 188 Å². The van der Waals surface area contributed by atoms with Crippen molar-refractivity contribution in [1.29, 1.82) is 0 Å². The van der Waals surface area contributed by atoms with Crippen molar-refractivity contribution >= 4 is 32.3 Å². The average Bonchev–Trinajstić information content (AvgIpc) is 3.60. The molecule has 0 atom stereocenters.